The second-order valence-corrected chi connectivity index (χ2v) is 5.59. The van der Waals surface area contributed by atoms with E-state index in [9.17, 15) is 0 Å². The fourth-order valence-electron chi connectivity index (χ4n) is 2.55. The molecule has 0 aliphatic heterocycles. The Balaban J connectivity index is 1.68. The summed E-state index contributed by atoms with van der Waals surface area (Å²) >= 11 is 0. The van der Waals surface area contributed by atoms with Crippen molar-refractivity contribution in [3.63, 3.8) is 0 Å². The van der Waals surface area contributed by atoms with Crippen molar-refractivity contribution < 1.29 is 0 Å². The van der Waals surface area contributed by atoms with Crippen LogP contribution < -0.4 is 11.1 Å². The SMILES string of the molecule is CCC1(CN=C(N)NCC2CCC2)CCC1. The first-order valence-electron chi connectivity index (χ1n) is 6.78. The third-order valence-corrected chi connectivity index (χ3v) is 4.55. The average molecular weight is 223 g/mol. The summed E-state index contributed by atoms with van der Waals surface area (Å²) in [6.07, 6.45) is 9.40. The van der Waals surface area contributed by atoms with Gasteiger partial charge in [-0.05, 0) is 43.4 Å². The maximum atomic E-state index is 5.88. The lowest BCUT2D eigenvalue weighted by Crippen LogP contribution is -2.39. The molecule has 92 valence electrons. The monoisotopic (exact) mass is 223 g/mol. The molecule has 2 saturated carbocycles. The number of nitrogens with one attached hydrogen (secondary N) is 1. The van der Waals surface area contributed by atoms with Gasteiger partial charge in [0.1, 0.15) is 0 Å². The van der Waals surface area contributed by atoms with Crippen molar-refractivity contribution in [2.45, 2.75) is 51.9 Å². The van der Waals surface area contributed by atoms with Crippen LogP contribution in [0.25, 0.3) is 0 Å². The largest absolute Gasteiger partial charge is 0.370 e. The Morgan fingerprint density at radius 2 is 2.12 bits per heavy atom. The van der Waals surface area contributed by atoms with Crippen LogP contribution in [0.4, 0.5) is 0 Å². The van der Waals surface area contributed by atoms with Gasteiger partial charge in [-0.25, -0.2) is 0 Å². The summed E-state index contributed by atoms with van der Waals surface area (Å²) in [6.45, 7) is 4.22. The van der Waals surface area contributed by atoms with Gasteiger partial charge in [0.05, 0.1) is 0 Å². The van der Waals surface area contributed by atoms with Crippen molar-refractivity contribution in [2.75, 3.05) is 13.1 Å². The van der Waals surface area contributed by atoms with E-state index in [1.807, 2.05) is 0 Å². The fraction of sp³-hybridized carbons (Fsp3) is 0.923. The number of guanidine groups is 1. The Hall–Kier alpha value is -0.730. The van der Waals surface area contributed by atoms with Crippen molar-refractivity contribution in [1.82, 2.24) is 5.32 Å². The average Bonchev–Trinajstić information content (AvgIpc) is 2.14. The Kier molecular flexibility index (Phi) is 3.72. The van der Waals surface area contributed by atoms with Gasteiger partial charge >= 0.3 is 0 Å². The Labute approximate surface area is 98.9 Å². The number of nitrogens with zero attached hydrogens (tertiary/aromatic N) is 1. The summed E-state index contributed by atoms with van der Waals surface area (Å²) in [5, 5.41) is 3.26. The highest BCUT2D eigenvalue weighted by molar-refractivity contribution is 5.77. The molecule has 0 aromatic rings. The summed E-state index contributed by atoms with van der Waals surface area (Å²) in [7, 11) is 0. The summed E-state index contributed by atoms with van der Waals surface area (Å²) in [5.41, 5.74) is 6.37. The molecular weight excluding hydrogens is 198 g/mol. The molecule has 3 heteroatoms. The van der Waals surface area contributed by atoms with E-state index in [0.29, 0.717) is 11.4 Å². The van der Waals surface area contributed by atoms with E-state index in [-0.39, 0.29) is 0 Å². The van der Waals surface area contributed by atoms with Gasteiger partial charge in [0.15, 0.2) is 5.96 Å². The topological polar surface area (TPSA) is 50.4 Å². The minimum atomic E-state index is 0.489. The third-order valence-electron chi connectivity index (χ3n) is 4.55. The maximum absolute atomic E-state index is 5.88. The van der Waals surface area contributed by atoms with Crippen molar-refractivity contribution in [3.05, 3.63) is 0 Å². The van der Waals surface area contributed by atoms with Crippen LogP contribution in [0.15, 0.2) is 4.99 Å². The van der Waals surface area contributed by atoms with Crippen LogP contribution >= 0.6 is 0 Å². The van der Waals surface area contributed by atoms with Gasteiger partial charge in [-0.3, -0.25) is 4.99 Å². The van der Waals surface area contributed by atoms with Gasteiger partial charge in [0.2, 0.25) is 0 Å². The second-order valence-electron chi connectivity index (χ2n) is 5.59. The van der Waals surface area contributed by atoms with Crippen molar-refractivity contribution in [2.24, 2.45) is 22.1 Å². The zero-order valence-corrected chi connectivity index (χ0v) is 10.5. The molecule has 2 rings (SSSR count). The first-order chi connectivity index (χ1) is 7.74. The minimum absolute atomic E-state index is 0.489. The Morgan fingerprint density at radius 3 is 2.56 bits per heavy atom. The molecule has 0 atom stereocenters. The first kappa shape index (κ1) is 11.7. The molecule has 16 heavy (non-hydrogen) atoms. The summed E-state index contributed by atoms with van der Waals surface area (Å²) in [5.74, 6) is 1.50. The zero-order valence-electron chi connectivity index (χ0n) is 10.5. The van der Waals surface area contributed by atoms with Crippen LogP contribution in [0.5, 0.6) is 0 Å². The van der Waals surface area contributed by atoms with Gasteiger partial charge < -0.3 is 11.1 Å². The van der Waals surface area contributed by atoms with Crippen LogP contribution in [0, 0.1) is 11.3 Å². The standard InChI is InChI=1S/C13H25N3/c1-2-13(7-4-8-13)10-16-12(14)15-9-11-5-3-6-11/h11H,2-10H2,1H3,(H3,14,15,16). The van der Waals surface area contributed by atoms with Crippen LogP contribution in [-0.2, 0) is 0 Å². The maximum Gasteiger partial charge on any atom is 0.188 e. The highest BCUT2D eigenvalue weighted by atomic mass is 15.1. The normalized spacial score (nSPS) is 24.7. The summed E-state index contributed by atoms with van der Waals surface area (Å²) in [6, 6.07) is 0. The van der Waals surface area contributed by atoms with E-state index in [2.05, 4.69) is 17.2 Å². The fourth-order valence-corrected chi connectivity index (χ4v) is 2.55. The smallest absolute Gasteiger partial charge is 0.188 e. The minimum Gasteiger partial charge on any atom is -0.370 e. The molecule has 0 radical (unpaired) electrons. The molecule has 0 bridgehead atoms. The lowest BCUT2D eigenvalue weighted by atomic mass is 9.67. The molecule has 0 unspecified atom stereocenters. The van der Waals surface area contributed by atoms with Crippen LogP contribution in [0.1, 0.15) is 51.9 Å². The third kappa shape index (κ3) is 2.69. The van der Waals surface area contributed by atoms with E-state index in [1.165, 1.54) is 44.9 Å². The van der Waals surface area contributed by atoms with Crippen LogP contribution in [0.3, 0.4) is 0 Å². The van der Waals surface area contributed by atoms with Crippen molar-refractivity contribution in [1.29, 1.82) is 0 Å². The molecule has 0 saturated heterocycles. The molecular formula is C13H25N3. The van der Waals surface area contributed by atoms with E-state index < -0.39 is 0 Å². The Bertz CT molecular complexity index is 246. The number of aliphatic imine (C=N–C) groups is 1. The summed E-state index contributed by atoms with van der Waals surface area (Å²) in [4.78, 5) is 4.50. The van der Waals surface area contributed by atoms with E-state index in [0.717, 1.165) is 19.0 Å². The van der Waals surface area contributed by atoms with Gasteiger partial charge in [-0.15, -0.1) is 0 Å². The zero-order chi connectivity index (χ0) is 11.4. The lowest BCUT2D eigenvalue weighted by molar-refractivity contribution is 0.139. The second kappa shape index (κ2) is 5.07. The number of nitrogens with two attached hydrogens (primary N) is 1. The number of hydrogen-bond acceptors (Lipinski definition) is 1. The first-order valence-corrected chi connectivity index (χ1v) is 6.78. The predicted octanol–water partition coefficient (Wildman–Crippen LogP) is 2.27. The van der Waals surface area contributed by atoms with E-state index in [1.54, 1.807) is 0 Å². The molecule has 0 heterocycles. The van der Waals surface area contributed by atoms with E-state index in [4.69, 9.17) is 5.73 Å². The number of rotatable bonds is 5. The van der Waals surface area contributed by atoms with Gasteiger partial charge in [-0.2, -0.15) is 0 Å². The van der Waals surface area contributed by atoms with Crippen LogP contribution in [-0.4, -0.2) is 19.0 Å². The quantitative estimate of drug-likeness (QED) is 0.555. The van der Waals surface area contributed by atoms with Crippen molar-refractivity contribution >= 4 is 5.96 Å². The molecule has 0 amide bonds. The molecule has 0 aromatic heterocycles. The molecule has 2 fully saturated rings. The highest BCUT2D eigenvalue weighted by Gasteiger charge is 2.34. The van der Waals surface area contributed by atoms with Gasteiger partial charge in [0, 0.05) is 13.1 Å². The molecule has 2 aliphatic rings. The predicted molar refractivity (Wildman–Crippen MR) is 68.4 cm³/mol. The molecule has 0 aromatic carbocycles. The Morgan fingerprint density at radius 1 is 1.38 bits per heavy atom. The van der Waals surface area contributed by atoms with Gasteiger partial charge in [-0.1, -0.05) is 19.8 Å². The van der Waals surface area contributed by atoms with Crippen LogP contribution in [0.2, 0.25) is 0 Å². The van der Waals surface area contributed by atoms with Crippen molar-refractivity contribution in [3.8, 4) is 0 Å². The molecule has 0 spiro atoms. The number of hydrogen-bond donors (Lipinski definition) is 2. The molecule has 2 aliphatic carbocycles. The van der Waals surface area contributed by atoms with Gasteiger partial charge in [0.25, 0.3) is 0 Å². The van der Waals surface area contributed by atoms with E-state index >= 15 is 0 Å². The lowest BCUT2D eigenvalue weighted by Gasteiger charge is -2.40. The summed E-state index contributed by atoms with van der Waals surface area (Å²) < 4.78 is 0. The molecule has 3 nitrogen and oxygen atoms in total. The highest BCUT2D eigenvalue weighted by Crippen LogP contribution is 2.43. The molecule has 3 N–H and O–H groups in total.